The summed E-state index contributed by atoms with van der Waals surface area (Å²) in [6.45, 7) is 4.90. The smallest absolute Gasteiger partial charge is 0.0909 e. The number of benzene rings is 2. The summed E-state index contributed by atoms with van der Waals surface area (Å²) in [4.78, 5) is 7.76. The Hall–Kier alpha value is -1.17. The summed E-state index contributed by atoms with van der Waals surface area (Å²) in [6, 6.07) is 11.0. The fourth-order valence-electron chi connectivity index (χ4n) is 1.88. The van der Waals surface area contributed by atoms with Gasteiger partial charge in [0.1, 0.15) is 0 Å². The van der Waals surface area contributed by atoms with E-state index in [1.807, 2.05) is 43.1 Å². The van der Waals surface area contributed by atoms with E-state index < -0.39 is 10.8 Å². The fraction of sp³-hybridized carbons (Fsp3) is 0.235. The largest absolute Gasteiger partial charge is 0.366 e. The second kappa shape index (κ2) is 8.08. The number of aliphatic imine (C=N–C) groups is 1. The third-order valence-electron chi connectivity index (χ3n) is 3.38. The molecule has 23 heavy (non-hydrogen) atoms. The zero-order valence-electron chi connectivity index (χ0n) is 13.2. The molecule has 0 radical (unpaired) electrons. The molecule has 0 bridgehead atoms. The van der Waals surface area contributed by atoms with E-state index in [0.29, 0.717) is 14.8 Å². The summed E-state index contributed by atoms with van der Waals surface area (Å²) >= 11 is 9.66. The van der Waals surface area contributed by atoms with Crippen molar-refractivity contribution in [3.8, 4) is 0 Å². The van der Waals surface area contributed by atoms with Crippen molar-refractivity contribution < 1.29 is 4.21 Å². The molecule has 122 valence electrons. The van der Waals surface area contributed by atoms with Gasteiger partial charge in [0, 0.05) is 18.1 Å². The van der Waals surface area contributed by atoms with Crippen LogP contribution in [0.4, 0.5) is 5.69 Å². The van der Waals surface area contributed by atoms with Crippen LogP contribution in [0.5, 0.6) is 0 Å². The SMILES string of the molecule is CCN(C)C=Nc1cc(Br)c(S(=O)c2ccccc2Cl)cc1C. The summed E-state index contributed by atoms with van der Waals surface area (Å²) in [5, 5.41) is 0.502. The number of rotatable bonds is 5. The summed E-state index contributed by atoms with van der Waals surface area (Å²) in [6.07, 6.45) is 1.79. The van der Waals surface area contributed by atoms with E-state index in [2.05, 4.69) is 27.8 Å². The Morgan fingerprint density at radius 3 is 2.65 bits per heavy atom. The molecule has 2 rings (SSSR count). The second-order valence-electron chi connectivity index (χ2n) is 5.09. The Kier molecular flexibility index (Phi) is 6.39. The van der Waals surface area contributed by atoms with Crippen LogP contribution in [0.25, 0.3) is 0 Å². The van der Waals surface area contributed by atoms with Crippen LogP contribution in [0.15, 0.2) is 55.7 Å². The zero-order chi connectivity index (χ0) is 17.0. The van der Waals surface area contributed by atoms with Gasteiger partial charge >= 0.3 is 0 Å². The van der Waals surface area contributed by atoms with E-state index in [1.54, 1.807) is 18.5 Å². The lowest BCUT2D eigenvalue weighted by atomic mass is 10.2. The van der Waals surface area contributed by atoms with Crippen molar-refractivity contribution in [3.05, 3.63) is 51.5 Å². The van der Waals surface area contributed by atoms with Gasteiger partial charge in [0.05, 0.1) is 37.6 Å². The predicted molar refractivity (Wildman–Crippen MR) is 101 cm³/mol. The lowest BCUT2D eigenvalue weighted by Gasteiger charge is -2.11. The first-order chi connectivity index (χ1) is 10.9. The summed E-state index contributed by atoms with van der Waals surface area (Å²) in [7, 11) is 0.623. The van der Waals surface area contributed by atoms with Gasteiger partial charge in [-0.2, -0.15) is 0 Å². The second-order valence-corrected chi connectivity index (χ2v) is 7.76. The van der Waals surface area contributed by atoms with Crippen molar-refractivity contribution in [1.82, 2.24) is 4.90 Å². The molecule has 3 nitrogen and oxygen atoms in total. The van der Waals surface area contributed by atoms with Crippen molar-refractivity contribution in [3.63, 3.8) is 0 Å². The van der Waals surface area contributed by atoms with E-state index in [1.165, 1.54) is 0 Å². The van der Waals surface area contributed by atoms with Gasteiger partial charge < -0.3 is 4.90 Å². The molecule has 0 aliphatic carbocycles. The Balaban J connectivity index is 2.39. The Bertz CT molecular complexity index is 764. The first-order valence-corrected chi connectivity index (χ1v) is 9.47. The molecule has 1 unspecified atom stereocenters. The Morgan fingerprint density at radius 1 is 1.30 bits per heavy atom. The quantitative estimate of drug-likeness (QED) is 0.499. The van der Waals surface area contributed by atoms with Crippen LogP contribution < -0.4 is 0 Å². The molecule has 6 heteroatoms. The minimum absolute atomic E-state index is 0.502. The standard InChI is InChI=1S/C17H18BrClN2OS/c1-4-21(3)11-20-15-10-13(18)17(9-12(15)2)23(22)16-8-6-5-7-14(16)19/h5-11H,4H2,1-3H3. The number of hydrogen-bond acceptors (Lipinski definition) is 2. The van der Waals surface area contributed by atoms with Gasteiger partial charge in [-0.3, -0.25) is 0 Å². The molecule has 0 aliphatic rings. The van der Waals surface area contributed by atoms with Crippen LogP contribution >= 0.6 is 27.5 Å². The van der Waals surface area contributed by atoms with Gasteiger partial charge in [-0.1, -0.05) is 23.7 Å². The summed E-state index contributed by atoms with van der Waals surface area (Å²) in [5.41, 5.74) is 1.81. The molecule has 0 saturated heterocycles. The van der Waals surface area contributed by atoms with E-state index in [4.69, 9.17) is 11.6 Å². The van der Waals surface area contributed by atoms with Crippen LogP contribution in [0.3, 0.4) is 0 Å². The normalized spacial score (nSPS) is 12.6. The van der Waals surface area contributed by atoms with Gasteiger partial charge in [0.2, 0.25) is 0 Å². The summed E-state index contributed by atoms with van der Waals surface area (Å²) in [5.74, 6) is 0. The molecule has 2 aromatic rings. The van der Waals surface area contributed by atoms with E-state index >= 15 is 0 Å². The highest BCUT2D eigenvalue weighted by molar-refractivity contribution is 9.10. The van der Waals surface area contributed by atoms with Gasteiger partial charge in [-0.15, -0.1) is 0 Å². The Labute approximate surface area is 153 Å². The lowest BCUT2D eigenvalue weighted by molar-refractivity contribution is 0.552. The molecule has 0 heterocycles. The number of aryl methyl sites for hydroxylation is 1. The van der Waals surface area contributed by atoms with Crippen LogP contribution in [0.2, 0.25) is 5.02 Å². The maximum absolute atomic E-state index is 12.8. The lowest BCUT2D eigenvalue weighted by Crippen LogP contribution is -2.14. The minimum atomic E-state index is -1.34. The van der Waals surface area contributed by atoms with E-state index in [0.717, 1.165) is 22.3 Å². The number of nitrogens with zero attached hydrogens (tertiary/aromatic N) is 2. The van der Waals surface area contributed by atoms with Gasteiger partial charge in [0.25, 0.3) is 0 Å². The third-order valence-corrected chi connectivity index (χ3v) is 6.23. The monoisotopic (exact) mass is 412 g/mol. The molecule has 0 fully saturated rings. The number of hydrogen-bond donors (Lipinski definition) is 0. The highest BCUT2D eigenvalue weighted by atomic mass is 79.9. The van der Waals surface area contributed by atoms with Gasteiger partial charge in [-0.05, 0) is 59.6 Å². The van der Waals surface area contributed by atoms with Crippen LogP contribution in [-0.4, -0.2) is 29.0 Å². The first-order valence-electron chi connectivity index (χ1n) is 7.15. The topological polar surface area (TPSA) is 32.7 Å². The first kappa shape index (κ1) is 18.2. The van der Waals surface area contributed by atoms with Gasteiger partial charge in [-0.25, -0.2) is 9.20 Å². The van der Waals surface area contributed by atoms with E-state index in [9.17, 15) is 4.21 Å². The molecule has 2 aromatic carbocycles. The molecular formula is C17H18BrClN2OS. The maximum Gasteiger partial charge on any atom is 0.0909 e. The van der Waals surface area contributed by atoms with E-state index in [-0.39, 0.29) is 0 Å². The van der Waals surface area contributed by atoms with Crippen molar-refractivity contribution in [2.24, 2.45) is 4.99 Å². The van der Waals surface area contributed by atoms with Crippen molar-refractivity contribution in [1.29, 1.82) is 0 Å². The highest BCUT2D eigenvalue weighted by Gasteiger charge is 2.15. The molecule has 0 saturated carbocycles. The molecule has 1 atom stereocenters. The molecule has 0 aliphatic heterocycles. The molecule has 0 amide bonds. The Morgan fingerprint density at radius 2 is 2.00 bits per heavy atom. The van der Waals surface area contributed by atoms with Crippen molar-refractivity contribution in [2.75, 3.05) is 13.6 Å². The average molecular weight is 414 g/mol. The molecule has 0 N–H and O–H groups in total. The van der Waals surface area contributed by atoms with Crippen LogP contribution in [0.1, 0.15) is 12.5 Å². The minimum Gasteiger partial charge on any atom is -0.366 e. The van der Waals surface area contributed by atoms with Crippen molar-refractivity contribution >= 4 is 50.4 Å². The number of halogens is 2. The maximum atomic E-state index is 12.8. The zero-order valence-corrected chi connectivity index (χ0v) is 16.4. The van der Waals surface area contributed by atoms with Crippen LogP contribution in [-0.2, 0) is 10.8 Å². The highest BCUT2D eigenvalue weighted by Crippen LogP contribution is 2.33. The molecule has 0 aromatic heterocycles. The molecule has 0 spiro atoms. The predicted octanol–water partition coefficient (Wildman–Crippen LogP) is 5.19. The van der Waals surface area contributed by atoms with Gasteiger partial charge in [0.15, 0.2) is 0 Å². The van der Waals surface area contributed by atoms with Crippen molar-refractivity contribution in [2.45, 2.75) is 23.6 Å². The summed E-state index contributed by atoms with van der Waals surface area (Å²) < 4.78 is 13.6. The third kappa shape index (κ3) is 4.43. The average Bonchev–Trinajstić information content (AvgIpc) is 2.54. The molecular weight excluding hydrogens is 396 g/mol. The van der Waals surface area contributed by atoms with Crippen LogP contribution in [0, 0.1) is 6.92 Å². The fourth-order valence-corrected chi connectivity index (χ4v) is 4.20.